The van der Waals surface area contributed by atoms with Gasteiger partial charge in [0.05, 0.1) is 11.6 Å². The van der Waals surface area contributed by atoms with Gasteiger partial charge >= 0.3 is 0 Å². The first-order valence-corrected chi connectivity index (χ1v) is 6.97. The molecule has 86 valence electrons. The van der Waals surface area contributed by atoms with Crippen LogP contribution in [-0.2, 0) is 5.75 Å². The summed E-state index contributed by atoms with van der Waals surface area (Å²) in [7, 11) is 0. The van der Waals surface area contributed by atoms with Gasteiger partial charge in [-0.2, -0.15) is 17.0 Å². The zero-order chi connectivity index (χ0) is 12.0. The van der Waals surface area contributed by atoms with Crippen LogP contribution in [0.5, 0.6) is 0 Å². The first-order valence-electron chi connectivity index (χ1n) is 5.43. The number of hydrogen-bond donors (Lipinski definition) is 0. The van der Waals surface area contributed by atoms with E-state index in [9.17, 15) is 0 Å². The van der Waals surface area contributed by atoms with Gasteiger partial charge in [0.1, 0.15) is 0 Å². The topological polar surface area (TPSA) is 23.8 Å². The zero-order valence-electron chi connectivity index (χ0n) is 9.66. The van der Waals surface area contributed by atoms with Crippen molar-refractivity contribution < 1.29 is 0 Å². The number of nitrogens with zero attached hydrogens (tertiary/aromatic N) is 1. The molecule has 0 spiro atoms. The molecule has 0 aliphatic heterocycles. The maximum Gasteiger partial charge on any atom is 0.0992 e. The lowest BCUT2D eigenvalue weighted by atomic mass is 10.2. The van der Waals surface area contributed by atoms with Crippen molar-refractivity contribution in [3.05, 3.63) is 34.3 Å². The molecule has 16 heavy (non-hydrogen) atoms. The SMILES string of the molecule is CCC(C)CSCc1ccc(C#N)cc1Cl. The summed E-state index contributed by atoms with van der Waals surface area (Å²) in [5, 5.41) is 9.42. The molecule has 1 nitrogen and oxygen atoms in total. The number of benzene rings is 1. The molecule has 1 rings (SSSR count). The number of rotatable bonds is 5. The van der Waals surface area contributed by atoms with E-state index in [1.54, 1.807) is 6.07 Å². The smallest absolute Gasteiger partial charge is 0.0992 e. The Labute approximate surface area is 107 Å². The molecule has 1 unspecified atom stereocenters. The van der Waals surface area contributed by atoms with Crippen LogP contribution in [-0.4, -0.2) is 5.75 Å². The Balaban J connectivity index is 2.52. The van der Waals surface area contributed by atoms with Crippen LogP contribution in [0.2, 0.25) is 5.02 Å². The van der Waals surface area contributed by atoms with Gasteiger partial charge in [-0.1, -0.05) is 37.9 Å². The fourth-order valence-electron chi connectivity index (χ4n) is 1.22. The second kappa shape index (κ2) is 6.83. The van der Waals surface area contributed by atoms with E-state index in [2.05, 4.69) is 19.9 Å². The van der Waals surface area contributed by atoms with Crippen LogP contribution >= 0.6 is 23.4 Å². The Morgan fingerprint density at radius 3 is 2.81 bits per heavy atom. The maximum atomic E-state index is 8.72. The van der Waals surface area contributed by atoms with Crippen LogP contribution in [0.25, 0.3) is 0 Å². The van der Waals surface area contributed by atoms with Crippen molar-refractivity contribution in [2.45, 2.75) is 26.0 Å². The van der Waals surface area contributed by atoms with E-state index >= 15 is 0 Å². The number of hydrogen-bond acceptors (Lipinski definition) is 2. The minimum absolute atomic E-state index is 0.626. The van der Waals surface area contributed by atoms with Crippen LogP contribution in [0, 0.1) is 17.2 Å². The van der Waals surface area contributed by atoms with Crippen LogP contribution in [0.4, 0.5) is 0 Å². The average Bonchev–Trinajstić information content (AvgIpc) is 2.30. The Kier molecular flexibility index (Phi) is 5.73. The lowest BCUT2D eigenvalue weighted by Gasteiger charge is -2.08. The fraction of sp³-hybridized carbons (Fsp3) is 0.462. The Morgan fingerprint density at radius 2 is 2.25 bits per heavy atom. The molecule has 3 heteroatoms. The molecule has 0 amide bonds. The summed E-state index contributed by atoms with van der Waals surface area (Å²) in [6, 6.07) is 7.60. The molecule has 0 bridgehead atoms. The van der Waals surface area contributed by atoms with Crippen LogP contribution in [0.3, 0.4) is 0 Å². The monoisotopic (exact) mass is 253 g/mol. The number of thioether (sulfide) groups is 1. The fourth-order valence-corrected chi connectivity index (χ4v) is 2.78. The third kappa shape index (κ3) is 4.08. The van der Waals surface area contributed by atoms with Gasteiger partial charge in [0.2, 0.25) is 0 Å². The summed E-state index contributed by atoms with van der Waals surface area (Å²) in [5.41, 5.74) is 1.75. The zero-order valence-corrected chi connectivity index (χ0v) is 11.2. The van der Waals surface area contributed by atoms with Crippen LogP contribution in [0.15, 0.2) is 18.2 Å². The first-order chi connectivity index (χ1) is 7.67. The lowest BCUT2D eigenvalue weighted by Crippen LogP contribution is -1.96. The van der Waals surface area contributed by atoms with Crippen LogP contribution in [0.1, 0.15) is 31.4 Å². The molecule has 1 aromatic rings. The molecule has 0 saturated heterocycles. The van der Waals surface area contributed by atoms with Crippen molar-refractivity contribution in [2.24, 2.45) is 5.92 Å². The summed E-state index contributed by atoms with van der Waals surface area (Å²) in [6.07, 6.45) is 1.22. The van der Waals surface area contributed by atoms with Crippen molar-refractivity contribution >= 4 is 23.4 Å². The highest BCUT2D eigenvalue weighted by atomic mass is 35.5. The molecule has 0 aromatic heterocycles. The van der Waals surface area contributed by atoms with E-state index in [-0.39, 0.29) is 0 Å². The first kappa shape index (κ1) is 13.4. The Hall–Kier alpha value is -0.650. The average molecular weight is 254 g/mol. The second-order valence-electron chi connectivity index (χ2n) is 3.95. The normalized spacial score (nSPS) is 12.1. The minimum atomic E-state index is 0.626. The standard InChI is InChI=1S/C13H16ClNS/c1-3-10(2)8-16-9-12-5-4-11(7-15)6-13(12)14/h4-6,10H,3,8-9H2,1-2H3. The highest BCUT2D eigenvalue weighted by Gasteiger charge is 2.04. The largest absolute Gasteiger partial charge is 0.192 e. The highest BCUT2D eigenvalue weighted by molar-refractivity contribution is 7.98. The van der Waals surface area contributed by atoms with E-state index in [0.717, 1.165) is 23.0 Å². The Bertz CT molecular complexity index is 384. The predicted molar refractivity (Wildman–Crippen MR) is 71.8 cm³/mol. The van der Waals surface area contributed by atoms with Crippen molar-refractivity contribution in [1.29, 1.82) is 5.26 Å². The van der Waals surface area contributed by atoms with E-state index < -0.39 is 0 Å². The summed E-state index contributed by atoms with van der Waals surface area (Å²) < 4.78 is 0. The van der Waals surface area contributed by atoms with Gasteiger partial charge < -0.3 is 0 Å². The van der Waals surface area contributed by atoms with Gasteiger partial charge in [-0.25, -0.2) is 0 Å². The molecule has 0 aliphatic rings. The maximum absolute atomic E-state index is 8.72. The van der Waals surface area contributed by atoms with Crippen molar-refractivity contribution in [3.8, 4) is 6.07 Å². The molecule has 0 heterocycles. The molecule has 0 fully saturated rings. The van der Waals surface area contributed by atoms with Crippen molar-refractivity contribution in [3.63, 3.8) is 0 Å². The minimum Gasteiger partial charge on any atom is -0.192 e. The molecule has 1 atom stereocenters. The molecule has 0 aliphatic carbocycles. The summed E-state index contributed by atoms with van der Waals surface area (Å²) >= 11 is 7.99. The number of nitriles is 1. The Morgan fingerprint density at radius 1 is 1.50 bits per heavy atom. The van der Waals surface area contributed by atoms with E-state index in [1.807, 2.05) is 23.9 Å². The predicted octanol–water partition coefficient (Wildman–Crippen LogP) is 4.49. The quantitative estimate of drug-likeness (QED) is 0.772. The van der Waals surface area contributed by atoms with Gasteiger partial charge in [0.15, 0.2) is 0 Å². The molecule has 0 radical (unpaired) electrons. The van der Waals surface area contributed by atoms with Gasteiger partial charge in [-0.15, -0.1) is 0 Å². The van der Waals surface area contributed by atoms with E-state index in [1.165, 1.54) is 6.42 Å². The molecular formula is C13H16ClNS. The molecule has 1 aromatic carbocycles. The highest BCUT2D eigenvalue weighted by Crippen LogP contribution is 2.24. The van der Waals surface area contributed by atoms with Gasteiger partial charge in [-0.3, -0.25) is 0 Å². The summed E-state index contributed by atoms with van der Waals surface area (Å²) in [6.45, 7) is 4.47. The molecule has 0 saturated carbocycles. The summed E-state index contributed by atoms with van der Waals surface area (Å²) in [5.74, 6) is 2.84. The van der Waals surface area contributed by atoms with Gasteiger partial charge in [0, 0.05) is 10.8 Å². The lowest BCUT2D eigenvalue weighted by molar-refractivity contribution is 0.637. The van der Waals surface area contributed by atoms with Gasteiger partial charge in [0.25, 0.3) is 0 Å². The molecule has 0 N–H and O–H groups in total. The van der Waals surface area contributed by atoms with E-state index in [4.69, 9.17) is 16.9 Å². The second-order valence-corrected chi connectivity index (χ2v) is 5.38. The van der Waals surface area contributed by atoms with Crippen LogP contribution < -0.4 is 0 Å². The van der Waals surface area contributed by atoms with Crippen molar-refractivity contribution in [1.82, 2.24) is 0 Å². The van der Waals surface area contributed by atoms with Gasteiger partial charge in [-0.05, 0) is 29.4 Å². The molecular weight excluding hydrogens is 238 g/mol. The third-order valence-electron chi connectivity index (χ3n) is 2.54. The van der Waals surface area contributed by atoms with Crippen molar-refractivity contribution in [2.75, 3.05) is 5.75 Å². The summed E-state index contributed by atoms with van der Waals surface area (Å²) in [4.78, 5) is 0. The third-order valence-corrected chi connectivity index (χ3v) is 4.21. The van der Waals surface area contributed by atoms with E-state index in [0.29, 0.717) is 10.6 Å². The number of halogens is 1.